The second-order valence-corrected chi connectivity index (χ2v) is 8.08. The average Bonchev–Trinajstić information content (AvgIpc) is 2.60. The summed E-state index contributed by atoms with van der Waals surface area (Å²) >= 11 is 0. The van der Waals surface area contributed by atoms with E-state index in [0.717, 1.165) is 12.2 Å². The summed E-state index contributed by atoms with van der Waals surface area (Å²) < 4.78 is 5.66. The first-order valence-corrected chi connectivity index (χ1v) is 10.2. The van der Waals surface area contributed by atoms with E-state index in [9.17, 15) is 0 Å². The van der Waals surface area contributed by atoms with Crippen LogP contribution in [-0.4, -0.2) is 14.5 Å². The van der Waals surface area contributed by atoms with E-state index in [4.69, 9.17) is 12.6 Å². The van der Waals surface area contributed by atoms with E-state index in [1.54, 1.807) is 5.57 Å². The van der Waals surface area contributed by atoms with Gasteiger partial charge in [0.1, 0.15) is 6.61 Å². The van der Waals surface area contributed by atoms with Gasteiger partial charge in [-0.3, -0.25) is 0 Å². The Morgan fingerprint density at radius 3 is 2.52 bits per heavy atom. The number of rotatable bonds is 9. The van der Waals surface area contributed by atoms with Crippen molar-refractivity contribution in [3.8, 4) is 0 Å². The first-order valence-electron chi connectivity index (χ1n) is 10.2. The van der Waals surface area contributed by atoms with E-state index < -0.39 is 0 Å². The fourth-order valence-corrected chi connectivity index (χ4v) is 3.41. The van der Waals surface area contributed by atoms with Crippen LogP contribution in [0.15, 0.2) is 70.6 Å². The monoisotopic (exact) mass is 364 g/mol. The summed E-state index contributed by atoms with van der Waals surface area (Å²) in [5, 5.41) is 0. The predicted octanol–water partition coefficient (Wildman–Crippen LogP) is 7.42. The molecular formula is C25H37BO. The highest BCUT2D eigenvalue weighted by atomic mass is 16.5. The fourth-order valence-electron chi connectivity index (χ4n) is 3.41. The molecule has 0 aliphatic heterocycles. The van der Waals surface area contributed by atoms with Crippen molar-refractivity contribution in [2.24, 2.45) is 5.41 Å². The molecule has 2 radical (unpaired) electrons. The molecule has 0 saturated heterocycles. The zero-order chi connectivity index (χ0) is 20.3. The lowest BCUT2D eigenvalue weighted by molar-refractivity contribution is 0.248. The smallest absolute Gasteiger partial charge is 0.106 e. The molecule has 0 aromatic carbocycles. The normalized spacial score (nSPS) is 19.4. The molecule has 0 aromatic heterocycles. The summed E-state index contributed by atoms with van der Waals surface area (Å²) in [4.78, 5) is 0. The van der Waals surface area contributed by atoms with Gasteiger partial charge in [0.2, 0.25) is 0 Å². The standard InChI is InChI=1S/C25H37BO/c1-7-10-23(19-26)27-18-16-21(3)12-8-11-20(2)14-15-24-22(4)13-9-17-25(24,5)6/h8,10-12,14-16H,7,9,13,17-19H2,1-6H3/b12-8+,15-14+,20-11+,21-16+,23-10+. The van der Waals surface area contributed by atoms with Gasteiger partial charge in [0.25, 0.3) is 0 Å². The number of allylic oxidation sites excluding steroid dienone is 11. The van der Waals surface area contributed by atoms with Crippen LogP contribution in [0.5, 0.6) is 0 Å². The first kappa shape index (κ1) is 23.3. The highest BCUT2D eigenvalue weighted by Crippen LogP contribution is 2.40. The number of hydrogen-bond acceptors (Lipinski definition) is 1. The lowest BCUT2D eigenvalue weighted by atomic mass is 9.72. The van der Waals surface area contributed by atoms with E-state index in [0.29, 0.717) is 18.3 Å². The largest absolute Gasteiger partial charge is 0.495 e. The lowest BCUT2D eigenvalue weighted by Gasteiger charge is -2.32. The van der Waals surface area contributed by atoms with Crippen LogP contribution < -0.4 is 0 Å². The number of ether oxygens (including phenoxy) is 1. The molecule has 1 aliphatic rings. The summed E-state index contributed by atoms with van der Waals surface area (Å²) in [5.74, 6) is 0.863. The van der Waals surface area contributed by atoms with E-state index in [-0.39, 0.29) is 0 Å². The molecule has 0 saturated carbocycles. The Hall–Kier alpha value is -1.70. The number of hydrogen-bond donors (Lipinski definition) is 0. The molecule has 0 heterocycles. The summed E-state index contributed by atoms with van der Waals surface area (Å²) in [7, 11) is 5.65. The van der Waals surface area contributed by atoms with Gasteiger partial charge in [-0.05, 0) is 75.9 Å². The second-order valence-electron chi connectivity index (χ2n) is 8.08. The van der Waals surface area contributed by atoms with Crippen molar-refractivity contribution >= 4 is 7.85 Å². The van der Waals surface area contributed by atoms with Crippen LogP contribution in [0, 0.1) is 5.41 Å². The van der Waals surface area contributed by atoms with Crippen LogP contribution in [0.2, 0.25) is 6.32 Å². The van der Waals surface area contributed by atoms with Crippen LogP contribution in [0.3, 0.4) is 0 Å². The maximum absolute atomic E-state index is 5.66. The Labute approximate surface area is 169 Å². The molecule has 2 heteroatoms. The van der Waals surface area contributed by atoms with Crippen LogP contribution >= 0.6 is 0 Å². The molecule has 0 bridgehead atoms. The van der Waals surface area contributed by atoms with Gasteiger partial charge < -0.3 is 4.74 Å². The van der Waals surface area contributed by atoms with E-state index in [1.807, 2.05) is 6.08 Å². The van der Waals surface area contributed by atoms with Gasteiger partial charge in [-0.2, -0.15) is 0 Å². The molecule has 0 spiro atoms. The highest BCUT2D eigenvalue weighted by Gasteiger charge is 2.26. The third-order valence-electron chi connectivity index (χ3n) is 5.08. The van der Waals surface area contributed by atoms with Crippen molar-refractivity contribution < 1.29 is 4.74 Å². The quantitative estimate of drug-likeness (QED) is 0.235. The average molecular weight is 364 g/mol. The molecular weight excluding hydrogens is 327 g/mol. The molecule has 0 aromatic rings. The molecule has 0 N–H and O–H groups in total. The summed E-state index contributed by atoms with van der Waals surface area (Å²) in [6, 6.07) is 0. The molecule has 27 heavy (non-hydrogen) atoms. The second kappa shape index (κ2) is 11.9. The van der Waals surface area contributed by atoms with Crippen molar-refractivity contribution in [2.45, 2.75) is 73.5 Å². The molecule has 0 atom stereocenters. The van der Waals surface area contributed by atoms with Crippen LogP contribution in [0.1, 0.15) is 67.2 Å². The third kappa shape index (κ3) is 8.69. The van der Waals surface area contributed by atoms with Gasteiger partial charge in [-0.1, -0.05) is 67.9 Å². The Kier molecular flexibility index (Phi) is 10.3. The topological polar surface area (TPSA) is 9.23 Å². The van der Waals surface area contributed by atoms with Gasteiger partial charge in [-0.25, -0.2) is 0 Å². The molecule has 1 rings (SSSR count). The minimum atomic E-state index is 0.295. The first-order chi connectivity index (χ1) is 12.8. The molecule has 146 valence electrons. The summed E-state index contributed by atoms with van der Waals surface area (Å²) in [6.45, 7) is 13.9. The van der Waals surface area contributed by atoms with Crippen LogP contribution in [0.25, 0.3) is 0 Å². The molecule has 1 aliphatic carbocycles. The van der Waals surface area contributed by atoms with Crippen LogP contribution in [-0.2, 0) is 4.74 Å². The lowest BCUT2D eigenvalue weighted by Crippen LogP contribution is -2.19. The Bertz CT molecular complexity index is 654. The van der Waals surface area contributed by atoms with Crippen LogP contribution in [0.4, 0.5) is 0 Å². The summed E-state index contributed by atoms with van der Waals surface area (Å²) in [6.07, 6.45) is 20.3. The van der Waals surface area contributed by atoms with Crippen molar-refractivity contribution in [2.75, 3.05) is 6.61 Å². The molecule has 1 nitrogen and oxygen atoms in total. The van der Waals surface area contributed by atoms with Crippen molar-refractivity contribution in [3.63, 3.8) is 0 Å². The minimum absolute atomic E-state index is 0.295. The fraction of sp³-hybridized carbons (Fsp3) is 0.520. The summed E-state index contributed by atoms with van der Waals surface area (Å²) in [5.41, 5.74) is 5.78. The minimum Gasteiger partial charge on any atom is -0.495 e. The van der Waals surface area contributed by atoms with Crippen molar-refractivity contribution in [3.05, 3.63) is 70.6 Å². The third-order valence-corrected chi connectivity index (χ3v) is 5.08. The van der Waals surface area contributed by atoms with Gasteiger partial charge in [-0.15, -0.1) is 0 Å². The van der Waals surface area contributed by atoms with Gasteiger partial charge in [0, 0.05) is 0 Å². The maximum Gasteiger partial charge on any atom is 0.106 e. The molecule has 0 unspecified atom stereocenters. The van der Waals surface area contributed by atoms with Gasteiger partial charge in [0.15, 0.2) is 0 Å². The van der Waals surface area contributed by atoms with E-state index in [2.05, 4.69) is 78.0 Å². The molecule has 0 fully saturated rings. The Morgan fingerprint density at radius 1 is 1.15 bits per heavy atom. The Morgan fingerprint density at radius 2 is 1.89 bits per heavy atom. The van der Waals surface area contributed by atoms with E-state index >= 15 is 0 Å². The van der Waals surface area contributed by atoms with E-state index in [1.165, 1.54) is 36.0 Å². The molecule has 0 amide bonds. The van der Waals surface area contributed by atoms with Gasteiger partial charge >= 0.3 is 0 Å². The predicted molar refractivity (Wildman–Crippen MR) is 121 cm³/mol. The maximum atomic E-state index is 5.66. The zero-order valence-corrected chi connectivity index (χ0v) is 18.3. The Balaban J connectivity index is 2.62. The zero-order valence-electron chi connectivity index (χ0n) is 18.3. The van der Waals surface area contributed by atoms with Crippen molar-refractivity contribution in [1.82, 2.24) is 0 Å². The van der Waals surface area contributed by atoms with Crippen molar-refractivity contribution in [1.29, 1.82) is 0 Å². The highest BCUT2D eigenvalue weighted by molar-refractivity contribution is 6.10. The SMILES string of the molecule is [B]C/C(=C\CC)OC/C=C(C)/C=C/C=C(C)/C=C/C1=C(C)CCCC1(C)C. The van der Waals surface area contributed by atoms with Gasteiger partial charge in [0.05, 0.1) is 13.6 Å².